The molecule has 0 amide bonds. The Bertz CT molecular complexity index is 464. The molecule has 0 fully saturated rings. The van der Waals surface area contributed by atoms with E-state index in [2.05, 4.69) is 32.9 Å². The van der Waals surface area contributed by atoms with Crippen LogP contribution < -0.4 is 0 Å². The minimum atomic E-state index is -0.159. The quantitative estimate of drug-likeness (QED) is 0.239. The van der Waals surface area contributed by atoms with Crippen LogP contribution in [0.5, 0.6) is 0 Å². The fourth-order valence-corrected chi connectivity index (χ4v) is 3.32. The van der Waals surface area contributed by atoms with Gasteiger partial charge in [0.25, 0.3) is 0 Å². The second-order valence-corrected chi connectivity index (χ2v) is 7.53. The molecule has 148 valence electrons. The standard InChI is InChI=1S/C24H40O2/c1-4-7-9-10-11-12-13-16-23(14-6-3)26-24(25)22-19-17-21(18-20-22)15-8-5-2/h17-20,23H,4-16H2,1-3H3. The Balaban J connectivity index is 2.36. The maximum atomic E-state index is 12.4. The lowest BCUT2D eigenvalue weighted by Crippen LogP contribution is -2.18. The number of aryl methyl sites for hydroxylation is 1. The van der Waals surface area contributed by atoms with Gasteiger partial charge < -0.3 is 4.74 Å². The van der Waals surface area contributed by atoms with Crippen LogP contribution in [0.1, 0.15) is 114 Å². The van der Waals surface area contributed by atoms with Crippen molar-refractivity contribution in [3.63, 3.8) is 0 Å². The summed E-state index contributed by atoms with van der Waals surface area (Å²) in [5.41, 5.74) is 1.99. The van der Waals surface area contributed by atoms with Crippen LogP contribution in [0.2, 0.25) is 0 Å². The molecule has 0 saturated heterocycles. The molecule has 0 aromatic heterocycles. The fraction of sp³-hybridized carbons (Fsp3) is 0.708. The molecule has 1 rings (SSSR count). The van der Waals surface area contributed by atoms with E-state index in [-0.39, 0.29) is 12.1 Å². The first-order valence-corrected chi connectivity index (χ1v) is 11.0. The highest BCUT2D eigenvalue weighted by molar-refractivity contribution is 5.89. The summed E-state index contributed by atoms with van der Waals surface area (Å²) in [6.07, 6.45) is 15.7. The summed E-state index contributed by atoms with van der Waals surface area (Å²) in [5.74, 6) is -0.159. The lowest BCUT2D eigenvalue weighted by Gasteiger charge is -2.17. The number of benzene rings is 1. The maximum Gasteiger partial charge on any atom is 0.338 e. The van der Waals surface area contributed by atoms with Crippen molar-refractivity contribution >= 4 is 5.97 Å². The molecule has 2 nitrogen and oxygen atoms in total. The lowest BCUT2D eigenvalue weighted by atomic mass is 10.0. The maximum absolute atomic E-state index is 12.4. The zero-order chi connectivity index (χ0) is 19.0. The van der Waals surface area contributed by atoms with Gasteiger partial charge in [-0.25, -0.2) is 4.79 Å². The number of carbonyl (C=O) groups excluding carboxylic acids is 1. The van der Waals surface area contributed by atoms with Crippen LogP contribution in [-0.2, 0) is 11.2 Å². The van der Waals surface area contributed by atoms with Crippen LogP contribution in [-0.4, -0.2) is 12.1 Å². The molecule has 0 saturated carbocycles. The van der Waals surface area contributed by atoms with Crippen molar-refractivity contribution in [3.8, 4) is 0 Å². The molecular weight excluding hydrogens is 320 g/mol. The molecule has 0 bridgehead atoms. The van der Waals surface area contributed by atoms with E-state index in [9.17, 15) is 4.79 Å². The molecule has 0 N–H and O–H groups in total. The molecule has 1 aromatic rings. The van der Waals surface area contributed by atoms with Crippen molar-refractivity contribution in [2.45, 2.75) is 110 Å². The van der Waals surface area contributed by atoms with E-state index in [1.807, 2.05) is 12.1 Å². The lowest BCUT2D eigenvalue weighted by molar-refractivity contribution is 0.0253. The van der Waals surface area contributed by atoms with Crippen LogP contribution in [0.3, 0.4) is 0 Å². The predicted octanol–water partition coefficient (Wildman–Crippen LogP) is 7.50. The van der Waals surface area contributed by atoms with Crippen molar-refractivity contribution in [2.24, 2.45) is 0 Å². The number of unbranched alkanes of at least 4 members (excludes halogenated alkanes) is 7. The van der Waals surface area contributed by atoms with E-state index in [0.29, 0.717) is 5.56 Å². The largest absolute Gasteiger partial charge is 0.459 e. The molecule has 0 aliphatic carbocycles. The van der Waals surface area contributed by atoms with Crippen molar-refractivity contribution in [2.75, 3.05) is 0 Å². The van der Waals surface area contributed by atoms with Gasteiger partial charge in [0.2, 0.25) is 0 Å². The predicted molar refractivity (Wildman–Crippen MR) is 112 cm³/mol. The van der Waals surface area contributed by atoms with Crippen LogP contribution >= 0.6 is 0 Å². The third kappa shape index (κ3) is 9.99. The molecule has 0 spiro atoms. The van der Waals surface area contributed by atoms with Crippen molar-refractivity contribution in [1.29, 1.82) is 0 Å². The van der Waals surface area contributed by atoms with Crippen molar-refractivity contribution in [3.05, 3.63) is 35.4 Å². The summed E-state index contributed by atoms with van der Waals surface area (Å²) in [4.78, 5) is 12.4. The Kier molecular flexibility index (Phi) is 13.0. The van der Waals surface area contributed by atoms with Gasteiger partial charge in [-0.2, -0.15) is 0 Å². The first kappa shape index (κ1) is 22.7. The topological polar surface area (TPSA) is 26.3 Å². The van der Waals surface area contributed by atoms with Gasteiger partial charge in [0.15, 0.2) is 0 Å². The van der Waals surface area contributed by atoms with E-state index in [1.165, 1.54) is 63.4 Å². The Hall–Kier alpha value is -1.31. The summed E-state index contributed by atoms with van der Waals surface area (Å²) in [6, 6.07) is 7.98. The molecular formula is C24H40O2. The summed E-state index contributed by atoms with van der Waals surface area (Å²) >= 11 is 0. The van der Waals surface area contributed by atoms with E-state index >= 15 is 0 Å². The Morgan fingerprint density at radius 2 is 1.38 bits per heavy atom. The molecule has 1 atom stereocenters. The summed E-state index contributed by atoms with van der Waals surface area (Å²) in [6.45, 7) is 6.61. The van der Waals surface area contributed by atoms with E-state index in [4.69, 9.17) is 4.74 Å². The molecule has 2 heteroatoms. The first-order chi connectivity index (χ1) is 12.7. The monoisotopic (exact) mass is 360 g/mol. The van der Waals surface area contributed by atoms with Crippen LogP contribution in [0.15, 0.2) is 24.3 Å². The van der Waals surface area contributed by atoms with Gasteiger partial charge in [0.1, 0.15) is 6.10 Å². The molecule has 1 unspecified atom stereocenters. The molecule has 0 heterocycles. The summed E-state index contributed by atoms with van der Waals surface area (Å²) < 4.78 is 5.80. The summed E-state index contributed by atoms with van der Waals surface area (Å²) in [5, 5.41) is 0. The third-order valence-corrected chi connectivity index (χ3v) is 5.02. The van der Waals surface area contributed by atoms with Gasteiger partial charge in [-0.15, -0.1) is 0 Å². The van der Waals surface area contributed by atoms with Gasteiger partial charge in [0.05, 0.1) is 5.56 Å². The summed E-state index contributed by atoms with van der Waals surface area (Å²) in [7, 11) is 0. The van der Waals surface area contributed by atoms with Crippen LogP contribution in [0.4, 0.5) is 0 Å². The Morgan fingerprint density at radius 1 is 0.769 bits per heavy atom. The third-order valence-electron chi connectivity index (χ3n) is 5.02. The van der Waals surface area contributed by atoms with Gasteiger partial charge in [-0.05, 0) is 49.8 Å². The second kappa shape index (κ2) is 14.8. The molecule has 0 radical (unpaired) electrons. The normalized spacial score (nSPS) is 12.1. The van der Waals surface area contributed by atoms with E-state index < -0.39 is 0 Å². The number of rotatable bonds is 15. The van der Waals surface area contributed by atoms with Crippen molar-refractivity contribution < 1.29 is 9.53 Å². The highest BCUT2D eigenvalue weighted by atomic mass is 16.5. The number of esters is 1. The fourth-order valence-electron chi connectivity index (χ4n) is 3.32. The number of carbonyl (C=O) groups is 1. The van der Waals surface area contributed by atoms with Gasteiger partial charge in [-0.3, -0.25) is 0 Å². The van der Waals surface area contributed by atoms with E-state index in [1.54, 1.807) is 0 Å². The zero-order valence-electron chi connectivity index (χ0n) is 17.4. The average molecular weight is 361 g/mol. The minimum Gasteiger partial charge on any atom is -0.459 e. The molecule has 26 heavy (non-hydrogen) atoms. The number of hydrogen-bond acceptors (Lipinski definition) is 2. The zero-order valence-corrected chi connectivity index (χ0v) is 17.4. The average Bonchev–Trinajstić information content (AvgIpc) is 2.66. The molecule has 0 aliphatic rings. The highest BCUT2D eigenvalue weighted by Gasteiger charge is 2.15. The van der Waals surface area contributed by atoms with Gasteiger partial charge in [0, 0.05) is 0 Å². The van der Waals surface area contributed by atoms with Gasteiger partial charge in [-0.1, -0.05) is 84.3 Å². The minimum absolute atomic E-state index is 0.0721. The first-order valence-electron chi connectivity index (χ1n) is 11.0. The number of hydrogen-bond donors (Lipinski definition) is 0. The van der Waals surface area contributed by atoms with Crippen LogP contribution in [0.25, 0.3) is 0 Å². The second-order valence-electron chi connectivity index (χ2n) is 7.53. The molecule has 1 aromatic carbocycles. The molecule has 0 aliphatic heterocycles. The highest BCUT2D eigenvalue weighted by Crippen LogP contribution is 2.17. The van der Waals surface area contributed by atoms with E-state index in [0.717, 1.165) is 25.7 Å². The van der Waals surface area contributed by atoms with Gasteiger partial charge >= 0.3 is 5.97 Å². The van der Waals surface area contributed by atoms with Crippen LogP contribution in [0, 0.1) is 0 Å². The SMILES string of the molecule is CCCCCCCCCC(CCC)OC(=O)c1ccc(CCCC)cc1. The Labute approximate surface area is 161 Å². The smallest absolute Gasteiger partial charge is 0.338 e. The van der Waals surface area contributed by atoms with Crippen molar-refractivity contribution in [1.82, 2.24) is 0 Å². The number of ether oxygens (including phenoxy) is 1. The Morgan fingerprint density at radius 3 is 2.00 bits per heavy atom.